The molecule has 0 spiro atoms. The second kappa shape index (κ2) is 3.90. The summed E-state index contributed by atoms with van der Waals surface area (Å²) in [6, 6.07) is 0. The van der Waals surface area contributed by atoms with Crippen LogP contribution >= 0.6 is 0 Å². The van der Waals surface area contributed by atoms with E-state index in [-0.39, 0.29) is 5.91 Å². The maximum Gasteiger partial charge on any atom is 0.250 e. The van der Waals surface area contributed by atoms with Crippen LogP contribution in [0.1, 0.15) is 6.42 Å². The van der Waals surface area contributed by atoms with Crippen molar-refractivity contribution in [2.24, 2.45) is 0 Å². The van der Waals surface area contributed by atoms with Crippen LogP contribution in [0.5, 0.6) is 0 Å². The highest BCUT2D eigenvalue weighted by molar-refractivity contribution is 5.89. The summed E-state index contributed by atoms with van der Waals surface area (Å²) in [5.41, 5.74) is 1.94. The van der Waals surface area contributed by atoms with E-state index in [1.54, 1.807) is 17.1 Å². The maximum atomic E-state index is 11.3. The summed E-state index contributed by atoms with van der Waals surface area (Å²) < 4.78 is 0. The molecule has 0 saturated carbocycles. The molecule has 1 aliphatic heterocycles. The fraction of sp³-hybridized carbons (Fsp3) is 0.182. The van der Waals surface area contributed by atoms with Crippen LogP contribution < -0.4 is 0 Å². The molecule has 0 unspecified atom stereocenters. The Morgan fingerprint density at radius 2 is 2.00 bits per heavy atom. The zero-order valence-corrected chi connectivity index (χ0v) is 7.62. The Morgan fingerprint density at radius 3 is 2.46 bits per heavy atom. The first-order chi connectivity index (χ1) is 6.24. The summed E-state index contributed by atoms with van der Waals surface area (Å²) in [5, 5.41) is 0. The number of hydrogen-bond donors (Lipinski definition) is 0. The van der Waals surface area contributed by atoms with Gasteiger partial charge in [0, 0.05) is 12.2 Å². The lowest BCUT2D eigenvalue weighted by Crippen LogP contribution is -2.24. The molecule has 1 heterocycles. The van der Waals surface area contributed by atoms with E-state index in [4.69, 9.17) is 0 Å². The lowest BCUT2D eigenvalue weighted by atomic mass is 10.2. The molecule has 2 heteroatoms. The van der Waals surface area contributed by atoms with E-state index < -0.39 is 0 Å². The minimum Gasteiger partial charge on any atom is -0.308 e. The van der Waals surface area contributed by atoms with Gasteiger partial charge >= 0.3 is 0 Å². The Kier molecular flexibility index (Phi) is 2.85. The molecule has 0 atom stereocenters. The van der Waals surface area contributed by atoms with Crippen molar-refractivity contribution in [3.63, 3.8) is 0 Å². The van der Waals surface area contributed by atoms with Crippen LogP contribution in [-0.2, 0) is 4.79 Å². The summed E-state index contributed by atoms with van der Waals surface area (Å²) in [7, 11) is 0. The first-order valence-corrected chi connectivity index (χ1v) is 4.16. The van der Waals surface area contributed by atoms with Crippen molar-refractivity contribution in [1.82, 2.24) is 4.90 Å². The predicted molar refractivity (Wildman–Crippen MR) is 53.9 cm³/mol. The first-order valence-electron chi connectivity index (χ1n) is 4.16. The smallest absolute Gasteiger partial charge is 0.250 e. The monoisotopic (exact) mass is 175 g/mol. The third-order valence-electron chi connectivity index (χ3n) is 2.10. The van der Waals surface area contributed by atoms with Gasteiger partial charge in [-0.05, 0) is 24.1 Å². The standard InChI is InChI=1S/C11H13NO/c1-4-9-7-8-12(10(9)5-2)11(13)6-3/h4-6H,1-3,7-8H2. The van der Waals surface area contributed by atoms with Crippen molar-refractivity contribution < 1.29 is 4.79 Å². The third kappa shape index (κ3) is 1.61. The van der Waals surface area contributed by atoms with Crippen LogP contribution in [-0.4, -0.2) is 17.4 Å². The quantitative estimate of drug-likeness (QED) is 0.601. The predicted octanol–water partition coefficient (Wildman–Crippen LogP) is 2.03. The molecule has 1 aliphatic rings. The number of hydrogen-bond acceptors (Lipinski definition) is 1. The molecule has 13 heavy (non-hydrogen) atoms. The summed E-state index contributed by atoms with van der Waals surface area (Å²) in [6.45, 7) is 11.5. The number of carbonyl (C=O) groups excluding carboxylic acids is 1. The van der Waals surface area contributed by atoms with Crippen LogP contribution in [0.4, 0.5) is 0 Å². The number of allylic oxidation sites excluding steroid dienone is 2. The SMILES string of the molecule is C=CC(=O)N1CCC(C=C)=C1C=C. The van der Waals surface area contributed by atoms with Crippen LogP contribution in [0.2, 0.25) is 0 Å². The fourth-order valence-electron chi connectivity index (χ4n) is 1.44. The van der Waals surface area contributed by atoms with Crippen LogP contribution in [0.15, 0.2) is 49.2 Å². The van der Waals surface area contributed by atoms with Gasteiger partial charge in [0.15, 0.2) is 0 Å². The topological polar surface area (TPSA) is 20.3 Å². The zero-order chi connectivity index (χ0) is 9.84. The molecule has 0 aromatic rings. The highest BCUT2D eigenvalue weighted by Crippen LogP contribution is 2.24. The van der Waals surface area contributed by atoms with Gasteiger partial charge < -0.3 is 4.90 Å². The van der Waals surface area contributed by atoms with Gasteiger partial charge in [0.2, 0.25) is 5.91 Å². The Bertz CT molecular complexity index is 299. The summed E-state index contributed by atoms with van der Waals surface area (Å²) >= 11 is 0. The molecule has 0 aliphatic carbocycles. The summed E-state index contributed by atoms with van der Waals surface area (Å²) in [4.78, 5) is 13.0. The summed E-state index contributed by atoms with van der Waals surface area (Å²) in [5.74, 6) is -0.0771. The van der Waals surface area contributed by atoms with Crippen molar-refractivity contribution in [3.8, 4) is 0 Å². The first kappa shape index (κ1) is 9.52. The molecule has 0 bridgehead atoms. The van der Waals surface area contributed by atoms with Crippen LogP contribution in [0.25, 0.3) is 0 Å². The molecule has 1 amide bonds. The lowest BCUT2D eigenvalue weighted by molar-refractivity contribution is -0.123. The molecule has 68 valence electrons. The second-order valence-electron chi connectivity index (χ2n) is 2.76. The Morgan fingerprint density at radius 1 is 1.31 bits per heavy atom. The second-order valence-corrected chi connectivity index (χ2v) is 2.76. The van der Waals surface area contributed by atoms with Gasteiger partial charge in [-0.2, -0.15) is 0 Å². The van der Waals surface area contributed by atoms with Gasteiger partial charge in [-0.1, -0.05) is 25.8 Å². The van der Waals surface area contributed by atoms with Crippen molar-refractivity contribution in [2.75, 3.05) is 6.54 Å². The fourth-order valence-corrected chi connectivity index (χ4v) is 1.44. The number of nitrogens with zero attached hydrogens (tertiary/aromatic N) is 1. The van der Waals surface area contributed by atoms with Gasteiger partial charge in [0.05, 0.1) is 0 Å². The molecule has 0 radical (unpaired) electrons. The Hall–Kier alpha value is -1.57. The van der Waals surface area contributed by atoms with Crippen LogP contribution in [0.3, 0.4) is 0 Å². The van der Waals surface area contributed by atoms with E-state index in [9.17, 15) is 4.79 Å². The number of carbonyl (C=O) groups is 1. The molecular weight excluding hydrogens is 162 g/mol. The van der Waals surface area contributed by atoms with E-state index in [1.165, 1.54) is 6.08 Å². The average Bonchev–Trinajstić information content (AvgIpc) is 2.58. The molecule has 0 N–H and O–H groups in total. The van der Waals surface area contributed by atoms with Crippen molar-refractivity contribution >= 4 is 5.91 Å². The minimum atomic E-state index is -0.0771. The van der Waals surface area contributed by atoms with Gasteiger partial charge in [-0.25, -0.2) is 0 Å². The Balaban J connectivity index is 2.98. The number of rotatable bonds is 3. The number of amides is 1. The normalized spacial score (nSPS) is 15.8. The van der Waals surface area contributed by atoms with Gasteiger partial charge in [-0.3, -0.25) is 4.79 Å². The molecule has 0 fully saturated rings. The van der Waals surface area contributed by atoms with E-state index in [1.807, 2.05) is 0 Å². The van der Waals surface area contributed by atoms with Crippen LogP contribution in [0, 0.1) is 0 Å². The molecule has 2 nitrogen and oxygen atoms in total. The van der Waals surface area contributed by atoms with E-state index >= 15 is 0 Å². The molecule has 0 aromatic heterocycles. The van der Waals surface area contributed by atoms with Gasteiger partial charge in [0.25, 0.3) is 0 Å². The van der Waals surface area contributed by atoms with E-state index in [0.717, 1.165) is 17.7 Å². The summed E-state index contributed by atoms with van der Waals surface area (Å²) in [6.07, 6.45) is 5.62. The van der Waals surface area contributed by atoms with Gasteiger partial charge in [0.1, 0.15) is 0 Å². The maximum absolute atomic E-state index is 11.3. The third-order valence-corrected chi connectivity index (χ3v) is 2.10. The van der Waals surface area contributed by atoms with E-state index in [2.05, 4.69) is 19.7 Å². The molecule has 0 saturated heterocycles. The highest BCUT2D eigenvalue weighted by atomic mass is 16.2. The van der Waals surface area contributed by atoms with Crippen molar-refractivity contribution in [3.05, 3.63) is 49.2 Å². The largest absolute Gasteiger partial charge is 0.308 e. The van der Waals surface area contributed by atoms with Gasteiger partial charge in [-0.15, -0.1) is 0 Å². The molecule has 1 rings (SSSR count). The van der Waals surface area contributed by atoms with E-state index in [0.29, 0.717) is 6.54 Å². The minimum absolute atomic E-state index is 0.0771. The highest BCUT2D eigenvalue weighted by Gasteiger charge is 2.21. The average molecular weight is 175 g/mol. The molecule has 0 aromatic carbocycles. The van der Waals surface area contributed by atoms with Crippen molar-refractivity contribution in [1.29, 1.82) is 0 Å². The Labute approximate surface area is 78.5 Å². The zero-order valence-electron chi connectivity index (χ0n) is 7.62. The molecular formula is C11H13NO. The lowest BCUT2D eigenvalue weighted by Gasteiger charge is -2.15. The van der Waals surface area contributed by atoms with Crippen molar-refractivity contribution in [2.45, 2.75) is 6.42 Å².